The Balaban J connectivity index is 2.83. The molecule has 0 bridgehead atoms. The Morgan fingerprint density at radius 2 is 2.10 bits per heavy atom. The van der Waals surface area contributed by atoms with Gasteiger partial charge in [-0.2, -0.15) is 13.2 Å². The first-order valence-electron chi connectivity index (χ1n) is 5.54. The third-order valence-electron chi connectivity index (χ3n) is 2.38. The second-order valence-electron chi connectivity index (χ2n) is 4.12. The maximum absolute atomic E-state index is 12.4. The van der Waals surface area contributed by atoms with Crippen molar-refractivity contribution in [2.45, 2.75) is 12.7 Å². The fourth-order valence-corrected chi connectivity index (χ4v) is 1.96. The lowest BCUT2D eigenvalue weighted by Crippen LogP contribution is -2.37. The van der Waals surface area contributed by atoms with Crippen LogP contribution in [0.2, 0.25) is 5.02 Å². The van der Waals surface area contributed by atoms with Gasteiger partial charge >= 0.3 is 12.1 Å². The van der Waals surface area contributed by atoms with E-state index >= 15 is 0 Å². The van der Waals surface area contributed by atoms with Crippen molar-refractivity contribution in [3.63, 3.8) is 0 Å². The van der Waals surface area contributed by atoms with Crippen LogP contribution >= 0.6 is 11.6 Å². The normalized spacial score (nSPS) is 11.7. The molecular weight excluding hydrogens is 299 g/mol. The molecule has 8 heteroatoms. The summed E-state index contributed by atoms with van der Waals surface area (Å²) < 4.78 is 42.1. The number of rotatable bonds is 6. The number of nitrogens with zero attached hydrogens (tertiary/aromatic N) is 1. The number of carboxylic acids is 1. The summed E-state index contributed by atoms with van der Waals surface area (Å²) in [6, 6.07) is 4.51. The van der Waals surface area contributed by atoms with Crippen LogP contribution in [0.5, 0.6) is 5.75 Å². The Labute approximate surface area is 118 Å². The van der Waals surface area contributed by atoms with Crippen LogP contribution in [0.4, 0.5) is 13.2 Å². The van der Waals surface area contributed by atoms with Crippen LogP contribution in [0.15, 0.2) is 18.2 Å². The lowest BCUT2D eigenvalue weighted by molar-refractivity contribution is -0.154. The molecule has 1 rings (SSSR count). The minimum absolute atomic E-state index is 0.171. The molecule has 0 unspecified atom stereocenters. The van der Waals surface area contributed by atoms with Crippen molar-refractivity contribution in [1.82, 2.24) is 4.90 Å². The van der Waals surface area contributed by atoms with Crippen LogP contribution in [0, 0.1) is 0 Å². The number of ether oxygens (including phenoxy) is 1. The molecule has 0 saturated heterocycles. The highest BCUT2D eigenvalue weighted by Gasteiger charge is 2.31. The zero-order valence-corrected chi connectivity index (χ0v) is 11.3. The first-order valence-corrected chi connectivity index (χ1v) is 5.92. The van der Waals surface area contributed by atoms with Crippen LogP contribution in [0.3, 0.4) is 0 Å². The lowest BCUT2D eigenvalue weighted by atomic mass is 10.2. The number of benzene rings is 1. The Morgan fingerprint density at radius 3 is 2.55 bits per heavy atom. The Morgan fingerprint density at radius 1 is 1.45 bits per heavy atom. The van der Waals surface area contributed by atoms with E-state index < -0.39 is 25.2 Å². The number of halogens is 4. The molecule has 112 valence electrons. The van der Waals surface area contributed by atoms with Crippen LogP contribution in [-0.4, -0.2) is 42.4 Å². The minimum Gasteiger partial charge on any atom is -0.495 e. The highest BCUT2D eigenvalue weighted by Crippen LogP contribution is 2.26. The topological polar surface area (TPSA) is 49.8 Å². The van der Waals surface area contributed by atoms with Crippen molar-refractivity contribution in [3.8, 4) is 5.75 Å². The van der Waals surface area contributed by atoms with E-state index in [1.54, 1.807) is 0 Å². The second-order valence-corrected chi connectivity index (χ2v) is 4.53. The quantitative estimate of drug-likeness (QED) is 0.877. The molecule has 0 aliphatic rings. The smallest absolute Gasteiger partial charge is 0.401 e. The van der Waals surface area contributed by atoms with Gasteiger partial charge in [-0.05, 0) is 17.7 Å². The largest absolute Gasteiger partial charge is 0.495 e. The molecule has 0 fully saturated rings. The summed E-state index contributed by atoms with van der Waals surface area (Å²) in [5, 5.41) is 8.90. The van der Waals surface area contributed by atoms with Gasteiger partial charge in [-0.3, -0.25) is 9.69 Å². The summed E-state index contributed by atoms with van der Waals surface area (Å²) in [6.07, 6.45) is -4.47. The first-order chi connectivity index (χ1) is 9.21. The van der Waals surface area contributed by atoms with Gasteiger partial charge in [-0.15, -0.1) is 0 Å². The van der Waals surface area contributed by atoms with Crippen molar-refractivity contribution in [2.75, 3.05) is 20.2 Å². The van der Waals surface area contributed by atoms with Gasteiger partial charge < -0.3 is 9.84 Å². The number of alkyl halides is 3. The number of carbonyl (C=O) groups is 1. The predicted molar refractivity (Wildman–Crippen MR) is 67.0 cm³/mol. The van der Waals surface area contributed by atoms with E-state index in [-0.39, 0.29) is 11.6 Å². The fraction of sp³-hybridized carbons (Fsp3) is 0.417. The number of hydrogen-bond donors (Lipinski definition) is 1. The molecule has 20 heavy (non-hydrogen) atoms. The van der Waals surface area contributed by atoms with Gasteiger partial charge in [-0.25, -0.2) is 0 Å². The van der Waals surface area contributed by atoms with E-state index in [4.69, 9.17) is 21.4 Å². The molecule has 0 aromatic heterocycles. The number of aliphatic carboxylic acids is 1. The van der Waals surface area contributed by atoms with E-state index in [9.17, 15) is 18.0 Å². The van der Waals surface area contributed by atoms with Gasteiger partial charge in [0, 0.05) is 6.54 Å². The van der Waals surface area contributed by atoms with E-state index in [1.165, 1.54) is 25.3 Å². The number of carboxylic acid groups (broad SMARTS) is 1. The maximum atomic E-state index is 12.4. The van der Waals surface area contributed by atoms with Crippen LogP contribution in [-0.2, 0) is 11.3 Å². The molecule has 0 atom stereocenters. The summed E-state index contributed by atoms with van der Waals surface area (Å²) in [5.41, 5.74) is 0.473. The van der Waals surface area contributed by atoms with Gasteiger partial charge in [0.15, 0.2) is 0 Å². The van der Waals surface area contributed by atoms with Gasteiger partial charge in [0.05, 0.1) is 25.2 Å². The maximum Gasteiger partial charge on any atom is 0.401 e. The molecule has 0 aliphatic carbocycles. The van der Waals surface area contributed by atoms with Crippen LogP contribution in [0.25, 0.3) is 0 Å². The molecular formula is C12H13ClF3NO3. The number of methoxy groups -OCH3 is 1. The second kappa shape index (κ2) is 6.81. The van der Waals surface area contributed by atoms with Gasteiger partial charge in [-0.1, -0.05) is 17.7 Å². The average Bonchev–Trinajstić information content (AvgIpc) is 2.25. The average molecular weight is 312 g/mol. The van der Waals surface area contributed by atoms with Crippen molar-refractivity contribution in [3.05, 3.63) is 28.8 Å². The molecule has 1 aromatic carbocycles. The van der Waals surface area contributed by atoms with Crippen molar-refractivity contribution >= 4 is 17.6 Å². The monoisotopic (exact) mass is 311 g/mol. The van der Waals surface area contributed by atoms with Crippen molar-refractivity contribution in [2.24, 2.45) is 0 Å². The fourth-order valence-electron chi connectivity index (χ4n) is 1.68. The van der Waals surface area contributed by atoms with E-state index in [0.29, 0.717) is 11.3 Å². The van der Waals surface area contributed by atoms with Crippen LogP contribution in [0.1, 0.15) is 5.56 Å². The molecule has 0 amide bonds. The third kappa shape index (κ3) is 5.66. The summed E-state index contributed by atoms with van der Waals surface area (Å²) in [7, 11) is 1.42. The van der Waals surface area contributed by atoms with E-state index in [1.807, 2.05) is 0 Å². The molecule has 0 aliphatic heterocycles. The lowest BCUT2D eigenvalue weighted by Gasteiger charge is -2.22. The molecule has 0 heterocycles. The minimum atomic E-state index is -4.47. The van der Waals surface area contributed by atoms with Gasteiger partial charge in [0.2, 0.25) is 0 Å². The van der Waals surface area contributed by atoms with E-state index in [2.05, 4.69) is 0 Å². The summed E-state index contributed by atoms with van der Waals surface area (Å²) in [4.78, 5) is 11.4. The Hall–Kier alpha value is -1.47. The molecule has 4 nitrogen and oxygen atoms in total. The standard InChI is InChI=1S/C12H13ClF3NO3/c1-20-10-3-2-8(4-9(10)13)5-17(6-11(18)19)7-12(14,15)16/h2-4H,5-7H2,1H3,(H,18,19). The molecule has 1 aromatic rings. The Bertz CT molecular complexity index is 480. The van der Waals surface area contributed by atoms with Crippen molar-refractivity contribution in [1.29, 1.82) is 0 Å². The van der Waals surface area contributed by atoms with Crippen molar-refractivity contribution < 1.29 is 27.8 Å². The SMILES string of the molecule is COc1ccc(CN(CC(=O)O)CC(F)(F)F)cc1Cl. The molecule has 0 spiro atoms. The zero-order chi connectivity index (χ0) is 15.3. The molecule has 1 N–H and O–H groups in total. The summed E-state index contributed by atoms with van der Waals surface area (Å²) in [5.74, 6) is -0.926. The van der Waals surface area contributed by atoms with E-state index in [0.717, 1.165) is 4.90 Å². The summed E-state index contributed by atoms with van der Waals surface area (Å²) in [6.45, 7) is -2.18. The third-order valence-corrected chi connectivity index (χ3v) is 2.68. The first kappa shape index (κ1) is 16.6. The zero-order valence-electron chi connectivity index (χ0n) is 10.6. The van der Waals surface area contributed by atoms with Gasteiger partial charge in [0.1, 0.15) is 5.75 Å². The highest BCUT2D eigenvalue weighted by atomic mass is 35.5. The Kier molecular flexibility index (Phi) is 5.64. The van der Waals surface area contributed by atoms with Gasteiger partial charge in [0.25, 0.3) is 0 Å². The number of hydrogen-bond acceptors (Lipinski definition) is 3. The molecule has 0 radical (unpaired) electrons. The highest BCUT2D eigenvalue weighted by molar-refractivity contribution is 6.32. The summed E-state index contributed by atoms with van der Waals surface area (Å²) >= 11 is 5.87. The molecule has 0 saturated carbocycles. The predicted octanol–water partition coefficient (Wildman–Crippen LogP) is 2.80. The van der Waals surface area contributed by atoms with Crippen LogP contribution < -0.4 is 4.74 Å².